The van der Waals surface area contributed by atoms with Crippen LogP contribution in [0.3, 0.4) is 0 Å². The summed E-state index contributed by atoms with van der Waals surface area (Å²) in [5.74, 6) is 0.0242. The highest BCUT2D eigenvalue weighted by molar-refractivity contribution is 7.14. The van der Waals surface area contributed by atoms with E-state index in [1.807, 2.05) is 12.1 Å². The molecule has 0 bridgehead atoms. The monoisotopic (exact) mass is 264 g/mol. The van der Waals surface area contributed by atoms with Gasteiger partial charge in [0.1, 0.15) is 0 Å². The average molecular weight is 264 g/mol. The van der Waals surface area contributed by atoms with E-state index in [1.165, 1.54) is 42.6 Å². The minimum Gasteiger partial charge on any atom is -0.351 e. The Morgan fingerprint density at radius 1 is 1.39 bits per heavy atom. The first-order chi connectivity index (χ1) is 8.79. The fourth-order valence-electron chi connectivity index (χ4n) is 2.17. The smallest absolute Gasteiger partial charge is 0.261 e. The van der Waals surface area contributed by atoms with Crippen molar-refractivity contribution in [3.63, 3.8) is 0 Å². The van der Waals surface area contributed by atoms with E-state index in [4.69, 9.17) is 5.73 Å². The van der Waals surface area contributed by atoms with Crippen molar-refractivity contribution in [3.8, 4) is 0 Å². The number of allylic oxidation sites excluding steroid dienone is 1. The first kappa shape index (κ1) is 13.3. The van der Waals surface area contributed by atoms with E-state index in [0.29, 0.717) is 6.54 Å². The highest BCUT2D eigenvalue weighted by Gasteiger charge is 2.09. The zero-order valence-corrected chi connectivity index (χ0v) is 11.4. The van der Waals surface area contributed by atoms with E-state index in [-0.39, 0.29) is 5.91 Å². The SMILES string of the molecule is NCc1ccc(C(=O)NCCC2=CCCCC2)s1. The molecule has 1 aromatic rings. The highest BCUT2D eigenvalue weighted by Crippen LogP contribution is 2.19. The van der Waals surface area contributed by atoms with Gasteiger partial charge in [-0.3, -0.25) is 4.79 Å². The molecule has 1 heterocycles. The van der Waals surface area contributed by atoms with Gasteiger partial charge in [-0.25, -0.2) is 0 Å². The summed E-state index contributed by atoms with van der Waals surface area (Å²) >= 11 is 1.48. The number of hydrogen-bond acceptors (Lipinski definition) is 3. The predicted molar refractivity (Wildman–Crippen MR) is 75.7 cm³/mol. The molecule has 3 nitrogen and oxygen atoms in total. The molecule has 0 saturated carbocycles. The zero-order chi connectivity index (χ0) is 12.8. The lowest BCUT2D eigenvalue weighted by atomic mass is 9.97. The van der Waals surface area contributed by atoms with Crippen molar-refractivity contribution in [1.82, 2.24) is 5.32 Å². The van der Waals surface area contributed by atoms with Gasteiger partial charge in [0.15, 0.2) is 0 Å². The molecule has 1 aromatic heterocycles. The van der Waals surface area contributed by atoms with Crippen molar-refractivity contribution in [2.24, 2.45) is 5.73 Å². The summed E-state index contributed by atoms with van der Waals surface area (Å²) in [4.78, 5) is 13.7. The van der Waals surface area contributed by atoms with E-state index in [1.54, 1.807) is 0 Å². The normalized spacial score (nSPS) is 15.3. The van der Waals surface area contributed by atoms with Crippen molar-refractivity contribution < 1.29 is 4.79 Å². The number of nitrogens with one attached hydrogen (secondary N) is 1. The molecule has 0 radical (unpaired) electrons. The minimum absolute atomic E-state index is 0.0242. The third-order valence-electron chi connectivity index (χ3n) is 3.20. The Bertz CT molecular complexity index is 437. The van der Waals surface area contributed by atoms with Crippen molar-refractivity contribution in [2.75, 3.05) is 6.54 Å². The molecule has 98 valence electrons. The summed E-state index contributed by atoms with van der Waals surface area (Å²) < 4.78 is 0. The molecular formula is C14H20N2OS. The molecule has 0 unspecified atom stereocenters. The summed E-state index contributed by atoms with van der Waals surface area (Å²) in [5.41, 5.74) is 7.03. The fourth-order valence-corrected chi connectivity index (χ4v) is 2.97. The lowest BCUT2D eigenvalue weighted by Gasteiger charge is -2.12. The van der Waals surface area contributed by atoms with Crippen molar-refractivity contribution in [1.29, 1.82) is 0 Å². The molecule has 2 rings (SSSR count). The second-order valence-electron chi connectivity index (χ2n) is 4.58. The molecule has 0 aromatic carbocycles. The van der Waals surface area contributed by atoms with Crippen LogP contribution in [-0.2, 0) is 6.54 Å². The van der Waals surface area contributed by atoms with E-state index >= 15 is 0 Å². The Kier molecular flexibility index (Phi) is 4.96. The van der Waals surface area contributed by atoms with Crippen LogP contribution in [0.1, 0.15) is 46.7 Å². The molecule has 0 atom stereocenters. The quantitative estimate of drug-likeness (QED) is 0.803. The Hall–Kier alpha value is -1.13. The maximum Gasteiger partial charge on any atom is 0.261 e. The summed E-state index contributed by atoms with van der Waals surface area (Å²) in [7, 11) is 0. The average Bonchev–Trinajstić information content (AvgIpc) is 2.89. The highest BCUT2D eigenvalue weighted by atomic mass is 32.1. The minimum atomic E-state index is 0.0242. The number of rotatable bonds is 5. The topological polar surface area (TPSA) is 55.1 Å². The second kappa shape index (κ2) is 6.71. The Labute approximate surface area is 112 Å². The summed E-state index contributed by atoms with van der Waals surface area (Å²) in [6.07, 6.45) is 8.33. The van der Waals surface area contributed by atoms with Crippen LogP contribution in [0.25, 0.3) is 0 Å². The number of carbonyl (C=O) groups excluding carboxylic acids is 1. The molecule has 0 spiro atoms. The van der Waals surface area contributed by atoms with E-state index in [0.717, 1.165) is 22.7 Å². The van der Waals surface area contributed by atoms with Crippen LogP contribution >= 0.6 is 11.3 Å². The molecular weight excluding hydrogens is 244 g/mol. The Morgan fingerprint density at radius 2 is 2.28 bits per heavy atom. The third kappa shape index (κ3) is 3.68. The standard InChI is InChI=1S/C14H20N2OS/c15-10-12-6-7-13(18-12)14(17)16-9-8-11-4-2-1-3-5-11/h4,6-7H,1-3,5,8-10,15H2,(H,16,17). The van der Waals surface area contributed by atoms with Crippen LogP contribution in [0, 0.1) is 0 Å². The molecule has 0 saturated heterocycles. The van der Waals surface area contributed by atoms with Gasteiger partial charge >= 0.3 is 0 Å². The maximum absolute atomic E-state index is 11.9. The van der Waals surface area contributed by atoms with E-state index < -0.39 is 0 Å². The summed E-state index contributed by atoms with van der Waals surface area (Å²) in [6, 6.07) is 3.77. The molecule has 1 amide bonds. The molecule has 3 N–H and O–H groups in total. The van der Waals surface area contributed by atoms with Crippen LogP contribution < -0.4 is 11.1 Å². The van der Waals surface area contributed by atoms with Crippen LogP contribution in [0.5, 0.6) is 0 Å². The lowest BCUT2D eigenvalue weighted by Crippen LogP contribution is -2.24. The number of thiophene rings is 1. The number of amides is 1. The van der Waals surface area contributed by atoms with Crippen molar-refractivity contribution in [2.45, 2.75) is 38.6 Å². The van der Waals surface area contributed by atoms with Crippen molar-refractivity contribution in [3.05, 3.63) is 33.5 Å². The molecule has 18 heavy (non-hydrogen) atoms. The maximum atomic E-state index is 11.9. The summed E-state index contributed by atoms with van der Waals surface area (Å²) in [6.45, 7) is 1.24. The Balaban J connectivity index is 1.76. The first-order valence-corrected chi connectivity index (χ1v) is 7.36. The van der Waals surface area contributed by atoms with Crippen LogP contribution in [0.4, 0.5) is 0 Å². The van der Waals surface area contributed by atoms with Gasteiger partial charge in [0.2, 0.25) is 0 Å². The lowest BCUT2D eigenvalue weighted by molar-refractivity contribution is 0.0958. The number of nitrogens with two attached hydrogens (primary N) is 1. The molecule has 1 aliphatic rings. The molecule has 4 heteroatoms. The van der Waals surface area contributed by atoms with Gasteiger partial charge in [0.05, 0.1) is 4.88 Å². The molecule has 0 aliphatic heterocycles. The fraction of sp³-hybridized carbons (Fsp3) is 0.500. The second-order valence-corrected chi connectivity index (χ2v) is 5.75. The van der Waals surface area contributed by atoms with Gasteiger partial charge in [-0.1, -0.05) is 11.6 Å². The number of carbonyl (C=O) groups is 1. The first-order valence-electron chi connectivity index (χ1n) is 6.54. The van der Waals surface area contributed by atoms with Crippen LogP contribution in [0.2, 0.25) is 0 Å². The van der Waals surface area contributed by atoms with Crippen LogP contribution in [0.15, 0.2) is 23.8 Å². The largest absolute Gasteiger partial charge is 0.351 e. The van der Waals surface area contributed by atoms with Crippen molar-refractivity contribution >= 4 is 17.2 Å². The van der Waals surface area contributed by atoms with Crippen LogP contribution in [-0.4, -0.2) is 12.5 Å². The summed E-state index contributed by atoms with van der Waals surface area (Å²) in [5, 5.41) is 2.97. The van der Waals surface area contributed by atoms with E-state index in [2.05, 4.69) is 11.4 Å². The Morgan fingerprint density at radius 3 is 2.94 bits per heavy atom. The predicted octanol–water partition coefficient (Wildman–Crippen LogP) is 2.83. The number of hydrogen-bond donors (Lipinski definition) is 2. The molecule has 1 aliphatic carbocycles. The van der Waals surface area contributed by atoms with Gasteiger partial charge in [-0.05, 0) is 44.2 Å². The van der Waals surface area contributed by atoms with E-state index in [9.17, 15) is 4.79 Å². The van der Waals surface area contributed by atoms with Gasteiger partial charge in [-0.2, -0.15) is 0 Å². The molecule has 0 fully saturated rings. The zero-order valence-electron chi connectivity index (χ0n) is 10.6. The van der Waals surface area contributed by atoms with Gasteiger partial charge < -0.3 is 11.1 Å². The van der Waals surface area contributed by atoms with Gasteiger partial charge in [0, 0.05) is 18.0 Å². The third-order valence-corrected chi connectivity index (χ3v) is 4.31. The van der Waals surface area contributed by atoms with Gasteiger partial charge in [0.25, 0.3) is 5.91 Å². The van der Waals surface area contributed by atoms with Gasteiger partial charge in [-0.15, -0.1) is 11.3 Å².